The van der Waals surface area contributed by atoms with Crippen LogP contribution in [0, 0.1) is 13.8 Å². The number of carboxylic acids is 1. The summed E-state index contributed by atoms with van der Waals surface area (Å²) in [5.41, 5.74) is 1.14. The summed E-state index contributed by atoms with van der Waals surface area (Å²) in [6.07, 6.45) is 2.79. The number of aromatic nitrogens is 2. The second-order valence-electron chi connectivity index (χ2n) is 5.51. The van der Waals surface area contributed by atoms with E-state index in [0.29, 0.717) is 13.0 Å². The van der Waals surface area contributed by atoms with Gasteiger partial charge in [0.15, 0.2) is 0 Å². The first-order valence-corrected chi connectivity index (χ1v) is 9.15. The Kier molecular flexibility index (Phi) is 4.54. The number of nitrogens with zero attached hydrogens (tertiary/aromatic N) is 3. The Balaban J connectivity index is 1.76. The van der Waals surface area contributed by atoms with Crippen LogP contribution in [0.4, 0.5) is 0 Å². The third-order valence-corrected chi connectivity index (χ3v) is 6.21. The van der Waals surface area contributed by atoms with Gasteiger partial charge in [-0.05, 0) is 32.3 Å². The van der Waals surface area contributed by atoms with E-state index in [9.17, 15) is 14.7 Å². The van der Waals surface area contributed by atoms with Gasteiger partial charge < -0.3 is 10.0 Å². The highest BCUT2D eigenvalue weighted by atomic mass is 32.2. The molecular formula is C15H17N3O3S2. The second-order valence-corrected chi connectivity index (χ2v) is 7.68. The van der Waals surface area contributed by atoms with E-state index in [2.05, 4.69) is 9.97 Å². The highest BCUT2D eigenvalue weighted by molar-refractivity contribution is 8.00. The number of carboxylic acid groups (broad SMARTS) is 1. The number of carbonyl (C=O) groups is 2. The molecule has 1 aliphatic rings. The molecule has 0 spiro atoms. The number of hydrogen-bond donors (Lipinski definition) is 1. The van der Waals surface area contributed by atoms with Crippen LogP contribution in [0.2, 0.25) is 0 Å². The first-order chi connectivity index (χ1) is 11.0. The molecule has 1 atom stereocenters. The van der Waals surface area contributed by atoms with Crippen molar-refractivity contribution in [1.82, 2.24) is 14.9 Å². The van der Waals surface area contributed by atoms with Crippen LogP contribution in [0.25, 0.3) is 10.2 Å². The van der Waals surface area contributed by atoms with E-state index in [4.69, 9.17) is 0 Å². The fourth-order valence-corrected chi connectivity index (χ4v) is 4.80. The first-order valence-electron chi connectivity index (χ1n) is 7.35. The Morgan fingerprint density at radius 3 is 2.96 bits per heavy atom. The van der Waals surface area contributed by atoms with Crippen LogP contribution < -0.4 is 0 Å². The molecule has 23 heavy (non-hydrogen) atoms. The van der Waals surface area contributed by atoms with Gasteiger partial charge in [0.05, 0.1) is 5.75 Å². The predicted octanol–water partition coefficient (Wildman–Crippen LogP) is 2.48. The summed E-state index contributed by atoms with van der Waals surface area (Å²) in [6, 6.07) is -0.682. The summed E-state index contributed by atoms with van der Waals surface area (Å²) < 4.78 is 0. The number of aryl methyl sites for hydroxylation is 2. The Morgan fingerprint density at radius 2 is 2.22 bits per heavy atom. The maximum absolute atomic E-state index is 12.4. The molecular weight excluding hydrogens is 334 g/mol. The van der Waals surface area contributed by atoms with Crippen molar-refractivity contribution in [3.63, 3.8) is 0 Å². The summed E-state index contributed by atoms with van der Waals surface area (Å²) in [7, 11) is 0. The van der Waals surface area contributed by atoms with Gasteiger partial charge in [0.1, 0.15) is 22.2 Å². The van der Waals surface area contributed by atoms with Gasteiger partial charge in [-0.15, -0.1) is 11.3 Å². The fourth-order valence-electron chi connectivity index (χ4n) is 2.79. The van der Waals surface area contributed by atoms with Crippen LogP contribution in [-0.4, -0.2) is 50.2 Å². The van der Waals surface area contributed by atoms with Gasteiger partial charge in [-0.25, -0.2) is 14.8 Å². The van der Waals surface area contributed by atoms with Crippen molar-refractivity contribution in [1.29, 1.82) is 0 Å². The topological polar surface area (TPSA) is 83.4 Å². The van der Waals surface area contributed by atoms with Crippen LogP contribution in [0.3, 0.4) is 0 Å². The van der Waals surface area contributed by atoms with Gasteiger partial charge in [-0.2, -0.15) is 0 Å². The highest BCUT2D eigenvalue weighted by Gasteiger charge is 2.33. The second kappa shape index (κ2) is 6.45. The van der Waals surface area contributed by atoms with Crippen molar-refractivity contribution in [2.45, 2.75) is 37.8 Å². The number of aliphatic carboxylic acids is 1. The van der Waals surface area contributed by atoms with Crippen LogP contribution in [0.15, 0.2) is 11.4 Å². The van der Waals surface area contributed by atoms with Gasteiger partial charge >= 0.3 is 5.97 Å². The van der Waals surface area contributed by atoms with E-state index in [1.165, 1.54) is 27.9 Å². The third kappa shape index (κ3) is 3.05. The third-order valence-electron chi connectivity index (χ3n) is 4.12. The van der Waals surface area contributed by atoms with Gasteiger partial charge in [0, 0.05) is 16.8 Å². The minimum Gasteiger partial charge on any atom is -0.480 e. The maximum Gasteiger partial charge on any atom is 0.326 e. The average Bonchev–Trinajstić information content (AvgIpc) is 3.11. The number of likely N-dealkylation sites (tertiary alicyclic amines) is 1. The number of fused-ring (bicyclic) bond motifs is 1. The molecule has 1 aliphatic heterocycles. The summed E-state index contributed by atoms with van der Waals surface area (Å²) in [5, 5.41) is 11.0. The van der Waals surface area contributed by atoms with Crippen molar-refractivity contribution in [3.05, 3.63) is 16.8 Å². The zero-order chi connectivity index (χ0) is 16.6. The SMILES string of the molecule is Cc1sc2ncnc(SCC(=O)N3CCCC3C(=O)O)c2c1C. The fraction of sp³-hybridized carbons (Fsp3) is 0.467. The molecule has 1 fully saturated rings. The van der Waals surface area contributed by atoms with Crippen LogP contribution in [0.1, 0.15) is 23.3 Å². The molecule has 3 rings (SSSR count). The number of thioether (sulfide) groups is 1. The number of thiophene rings is 1. The predicted molar refractivity (Wildman–Crippen MR) is 90.0 cm³/mol. The van der Waals surface area contributed by atoms with E-state index < -0.39 is 12.0 Å². The van der Waals surface area contributed by atoms with E-state index in [0.717, 1.165) is 27.2 Å². The van der Waals surface area contributed by atoms with E-state index in [-0.39, 0.29) is 11.7 Å². The van der Waals surface area contributed by atoms with Crippen molar-refractivity contribution in [2.24, 2.45) is 0 Å². The van der Waals surface area contributed by atoms with Gasteiger partial charge in [0.2, 0.25) is 5.91 Å². The lowest BCUT2D eigenvalue weighted by atomic mass is 10.2. The molecule has 1 N–H and O–H groups in total. The van der Waals surface area contributed by atoms with Gasteiger partial charge in [-0.1, -0.05) is 11.8 Å². The number of amides is 1. The average molecular weight is 351 g/mol. The van der Waals surface area contributed by atoms with E-state index >= 15 is 0 Å². The van der Waals surface area contributed by atoms with Crippen molar-refractivity contribution in [2.75, 3.05) is 12.3 Å². The number of carbonyl (C=O) groups excluding carboxylic acids is 1. The maximum atomic E-state index is 12.4. The van der Waals surface area contributed by atoms with Crippen molar-refractivity contribution >= 4 is 45.2 Å². The van der Waals surface area contributed by atoms with Crippen LogP contribution in [-0.2, 0) is 9.59 Å². The molecule has 2 aromatic rings. The molecule has 0 radical (unpaired) electrons. The molecule has 122 valence electrons. The summed E-state index contributed by atoms with van der Waals surface area (Å²) >= 11 is 2.98. The van der Waals surface area contributed by atoms with Gasteiger partial charge in [0.25, 0.3) is 0 Å². The molecule has 6 nitrogen and oxygen atoms in total. The molecule has 0 saturated carbocycles. The summed E-state index contributed by atoms with van der Waals surface area (Å²) in [5.74, 6) is -0.865. The molecule has 1 unspecified atom stereocenters. The summed E-state index contributed by atoms with van der Waals surface area (Å²) in [4.78, 5) is 35.7. The lowest BCUT2D eigenvalue weighted by Gasteiger charge is -2.21. The monoisotopic (exact) mass is 351 g/mol. The molecule has 0 aliphatic carbocycles. The lowest BCUT2D eigenvalue weighted by Crippen LogP contribution is -2.41. The van der Waals surface area contributed by atoms with Gasteiger partial charge in [-0.3, -0.25) is 4.79 Å². The first kappa shape index (κ1) is 16.2. The Hall–Kier alpha value is -1.67. The number of rotatable bonds is 4. The van der Waals surface area contributed by atoms with Crippen molar-refractivity contribution in [3.8, 4) is 0 Å². The van der Waals surface area contributed by atoms with Crippen molar-refractivity contribution < 1.29 is 14.7 Å². The minimum absolute atomic E-state index is 0.142. The zero-order valence-corrected chi connectivity index (χ0v) is 14.5. The zero-order valence-electron chi connectivity index (χ0n) is 12.9. The van der Waals surface area contributed by atoms with E-state index in [1.807, 2.05) is 13.8 Å². The standard InChI is InChI=1S/C15H17N3O3S2/c1-8-9(2)23-14-12(8)13(16-7-17-14)22-6-11(19)18-5-3-4-10(18)15(20)21/h7,10H,3-6H2,1-2H3,(H,20,21). The Bertz CT molecular complexity index is 775. The molecule has 1 amide bonds. The lowest BCUT2D eigenvalue weighted by molar-refractivity contribution is -0.147. The molecule has 0 aromatic carbocycles. The molecule has 0 bridgehead atoms. The highest BCUT2D eigenvalue weighted by Crippen LogP contribution is 2.34. The Morgan fingerprint density at radius 1 is 1.43 bits per heavy atom. The smallest absolute Gasteiger partial charge is 0.326 e. The minimum atomic E-state index is -0.922. The number of hydrogen-bond acceptors (Lipinski definition) is 6. The normalized spacial score (nSPS) is 17.8. The molecule has 2 aromatic heterocycles. The molecule has 3 heterocycles. The van der Waals surface area contributed by atoms with Crippen LogP contribution >= 0.6 is 23.1 Å². The largest absolute Gasteiger partial charge is 0.480 e. The summed E-state index contributed by atoms with van der Waals surface area (Å²) in [6.45, 7) is 4.60. The Labute approximate surface area is 141 Å². The quantitative estimate of drug-likeness (QED) is 0.673. The molecule has 8 heteroatoms. The van der Waals surface area contributed by atoms with E-state index in [1.54, 1.807) is 11.3 Å². The molecule has 1 saturated heterocycles. The van der Waals surface area contributed by atoms with Crippen LogP contribution in [0.5, 0.6) is 0 Å².